The summed E-state index contributed by atoms with van der Waals surface area (Å²) in [6, 6.07) is 10.7. The highest BCUT2D eigenvalue weighted by Crippen LogP contribution is 2.37. The zero-order valence-corrected chi connectivity index (χ0v) is 21.2. The molecule has 1 atom stereocenters. The predicted octanol–water partition coefficient (Wildman–Crippen LogP) is 5.21. The number of carboxylic acids is 1. The molecule has 0 unspecified atom stereocenters. The van der Waals surface area contributed by atoms with Crippen molar-refractivity contribution in [2.24, 2.45) is 0 Å². The van der Waals surface area contributed by atoms with Crippen LogP contribution in [-0.2, 0) is 16.4 Å². The minimum absolute atomic E-state index is 0.0307. The maximum Gasteiger partial charge on any atom is 0.338 e. The van der Waals surface area contributed by atoms with Gasteiger partial charge in [-0.15, -0.1) is 0 Å². The number of rotatable bonds is 9. The fourth-order valence-electron chi connectivity index (χ4n) is 5.22. The SMILES string of the molecule is C=C1CCCc2ccc(NS(=O)(=O)c3ccccc3NCCCN3CCCC[C@@H]3C)c(C(=O)O)c21. The Balaban J connectivity index is 1.51. The number of carbonyl (C=O) groups is 1. The maximum absolute atomic E-state index is 13.4. The zero-order chi connectivity index (χ0) is 25.0. The lowest BCUT2D eigenvalue weighted by Gasteiger charge is -2.33. The molecule has 8 heteroatoms. The van der Waals surface area contributed by atoms with Crippen molar-refractivity contribution in [3.05, 3.63) is 59.7 Å². The molecule has 3 N–H and O–H groups in total. The maximum atomic E-state index is 13.4. The summed E-state index contributed by atoms with van der Waals surface area (Å²) in [5.41, 5.74) is 2.72. The number of aryl methyl sites for hydroxylation is 1. The van der Waals surface area contributed by atoms with Crippen LogP contribution >= 0.6 is 0 Å². The first kappa shape index (κ1) is 25.3. The first-order valence-electron chi connectivity index (χ1n) is 12.4. The molecule has 0 aromatic heterocycles. The molecule has 1 heterocycles. The smallest absolute Gasteiger partial charge is 0.338 e. The van der Waals surface area contributed by atoms with E-state index in [2.05, 4.69) is 28.4 Å². The second-order valence-corrected chi connectivity index (χ2v) is 11.2. The molecule has 0 bridgehead atoms. The summed E-state index contributed by atoms with van der Waals surface area (Å²) >= 11 is 0. The van der Waals surface area contributed by atoms with Crippen LogP contribution < -0.4 is 10.0 Å². The molecule has 35 heavy (non-hydrogen) atoms. The predicted molar refractivity (Wildman–Crippen MR) is 141 cm³/mol. The van der Waals surface area contributed by atoms with Crippen LogP contribution in [0.15, 0.2) is 47.9 Å². The van der Waals surface area contributed by atoms with Crippen LogP contribution in [-0.4, -0.2) is 50.1 Å². The topological polar surface area (TPSA) is 98.7 Å². The summed E-state index contributed by atoms with van der Waals surface area (Å²) in [5, 5.41) is 13.2. The molecule has 7 nitrogen and oxygen atoms in total. The number of carboxylic acid groups (broad SMARTS) is 1. The number of nitrogens with one attached hydrogen (secondary N) is 2. The Morgan fingerprint density at radius 2 is 1.91 bits per heavy atom. The van der Waals surface area contributed by atoms with Gasteiger partial charge >= 0.3 is 5.97 Å². The molecular formula is C27H35N3O4S. The Labute approximate surface area is 208 Å². The quantitative estimate of drug-likeness (QED) is 0.411. The van der Waals surface area contributed by atoms with Gasteiger partial charge in [0.2, 0.25) is 0 Å². The molecule has 0 saturated carbocycles. The monoisotopic (exact) mass is 497 g/mol. The lowest BCUT2D eigenvalue weighted by Crippen LogP contribution is -2.38. The van der Waals surface area contributed by atoms with E-state index in [0.717, 1.165) is 43.5 Å². The molecule has 4 rings (SSSR count). The van der Waals surface area contributed by atoms with Crippen LogP contribution in [0.3, 0.4) is 0 Å². The number of fused-ring (bicyclic) bond motifs is 1. The molecular weight excluding hydrogens is 462 g/mol. The standard InChI is InChI=1S/C27H35N3O4S/c1-19-9-7-11-21-14-15-23(26(25(19)21)27(31)32)29-35(33,34)24-13-4-3-12-22(24)28-16-8-18-30-17-6-5-10-20(30)2/h3-4,12-15,20,28-29H,1,5-11,16-18H2,2H3,(H,31,32)/t20-/m0/s1. The van der Waals surface area contributed by atoms with Gasteiger partial charge in [-0.1, -0.05) is 31.2 Å². The van der Waals surface area contributed by atoms with E-state index in [0.29, 0.717) is 30.3 Å². The minimum atomic E-state index is -4.03. The van der Waals surface area contributed by atoms with E-state index < -0.39 is 16.0 Å². The van der Waals surface area contributed by atoms with Gasteiger partial charge in [0.1, 0.15) is 4.90 Å². The summed E-state index contributed by atoms with van der Waals surface area (Å²) in [4.78, 5) is 14.8. The molecule has 1 aliphatic carbocycles. The molecule has 2 aromatic rings. The molecule has 2 aliphatic rings. The number of aromatic carboxylic acids is 1. The average Bonchev–Trinajstić information content (AvgIpc) is 2.83. The highest BCUT2D eigenvalue weighted by molar-refractivity contribution is 7.92. The van der Waals surface area contributed by atoms with E-state index in [1.807, 2.05) is 0 Å². The van der Waals surface area contributed by atoms with Crippen molar-refractivity contribution in [2.75, 3.05) is 29.7 Å². The Morgan fingerprint density at radius 3 is 2.69 bits per heavy atom. The molecule has 188 valence electrons. The van der Waals surface area contributed by atoms with Crippen LogP contribution in [0, 0.1) is 0 Å². The lowest BCUT2D eigenvalue weighted by atomic mass is 9.84. The van der Waals surface area contributed by atoms with Crippen molar-refractivity contribution in [3.63, 3.8) is 0 Å². The Morgan fingerprint density at radius 1 is 1.11 bits per heavy atom. The summed E-state index contributed by atoms with van der Waals surface area (Å²) < 4.78 is 29.3. The van der Waals surface area contributed by atoms with Gasteiger partial charge < -0.3 is 15.3 Å². The summed E-state index contributed by atoms with van der Waals surface area (Å²) in [7, 11) is -4.03. The molecule has 0 radical (unpaired) electrons. The number of para-hydroxylation sites is 1. The van der Waals surface area contributed by atoms with Gasteiger partial charge in [-0.25, -0.2) is 13.2 Å². The first-order valence-corrected chi connectivity index (χ1v) is 13.9. The molecule has 1 aliphatic heterocycles. The first-order chi connectivity index (χ1) is 16.8. The van der Waals surface area contributed by atoms with Crippen LogP contribution in [0.5, 0.6) is 0 Å². The molecule has 1 saturated heterocycles. The highest BCUT2D eigenvalue weighted by Gasteiger charge is 2.27. The van der Waals surface area contributed by atoms with Crippen LogP contribution in [0.4, 0.5) is 11.4 Å². The normalized spacial score (nSPS) is 18.7. The van der Waals surface area contributed by atoms with E-state index in [-0.39, 0.29) is 16.1 Å². The van der Waals surface area contributed by atoms with Gasteiger partial charge in [0.15, 0.2) is 0 Å². The van der Waals surface area contributed by atoms with Crippen molar-refractivity contribution in [1.82, 2.24) is 4.90 Å². The van der Waals surface area contributed by atoms with E-state index in [1.54, 1.807) is 30.3 Å². The molecule has 0 amide bonds. The van der Waals surface area contributed by atoms with Crippen LogP contribution in [0.2, 0.25) is 0 Å². The van der Waals surface area contributed by atoms with Crippen molar-refractivity contribution in [1.29, 1.82) is 0 Å². The third-order valence-corrected chi connectivity index (χ3v) is 8.51. The molecule has 1 fully saturated rings. The minimum Gasteiger partial charge on any atom is -0.478 e. The Kier molecular flexibility index (Phi) is 7.82. The second kappa shape index (κ2) is 10.8. The van der Waals surface area contributed by atoms with Crippen molar-refractivity contribution in [3.8, 4) is 0 Å². The highest BCUT2D eigenvalue weighted by atomic mass is 32.2. The van der Waals surface area contributed by atoms with Gasteiger partial charge in [0.05, 0.1) is 16.9 Å². The third-order valence-electron chi connectivity index (χ3n) is 7.08. The number of benzene rings is 2. The molecule has 0 spiro atoms. The lowest BCUT2D eigenvalue weighted by molar-refractivity contribution is 0.0697. The van der Waals surface area contributed by atoms with E-state index in [9.17, 15) is 18.3 Å². The van der Waals surface area contributed by atoms with E-state index in [4.69, 9.17) is 0 Å². The van der Waals surface area contributed by atoms with Crippen molar-refractivity contribution >= 4 is 32.9 Å². The van der Waals surface area contributed by atoms with E-state index in [1.165, 1.54) is 25.3 Å². The largest absolute Gasteiger partial charge is 0.478 e. The molecule has 2 aromatic carbocycles. The van der Waals surface area contributed by atoms with Crippen molar-refractivity contribution in [2.45, 2.75) is 62.8 Å². The second-order valence-electron chi connectivity index (χ2n) is 9.55. The number of hydrogen-bond donors (Lipinski definition) is 3. The summed E-state index contributed by atoms with van der Waals surface area (Å²) in [6.45, 7) is 9.04. The van der Waals surface area contributed by atoms with Crippen molar-refractivity contribution < 1.29 is 18.3 Å². The van der Waals surface area contributed by atoms with Crippen LogP contribution in [0.1, 0.15) is 66.9 Å². The number of anilines is 2. The number of nitrogens with zero attached hydrogens (tertiary/aromatic N) is 1. The van der Waals surface area contributed by atoms with Gasteiger partial charge in [-0.3, -0.25) is 4.72 Å². The number of piperidine rings is 1. The van der Waals surface area contributed by atoms with Crippen LogP contribution in [0.25, 0.3) is 5.57 Å². The number of hydrogen-bond acceptors (Lipinski definition) is 5. The van der Waals surface area contributed by atoms with Gasteiger partial charge in [-0.05, 0) is 86.9 Å². The van der Waals surface area contributed by atoms with E-state index >= 15 is 0 Å². The summed E-state index contributed by atoms with van der Waals surface area (Å²) in [6.07, 6.45) is 7.02. The number of allylic oxidation sites excluding steroid dienone is 1. The number of sulfonamides is 1. The fourth-order valence-corrected chi connectivity index (χ4v) is 6.48. The van der Waals surface area contributed by atoms with Gasteiger partial charge in [0.25, 0.3) is 10.0 Å². The number of likely N-dealkylation sites (tertiary alicyclic amines) is 1. The Hall–Kier alpha value is -2.84. The summed E-state index contributed by atoms with van der Waals surface area (Å²) in [5.74, 6) is -1.17. The van der Waals surface area contributed by atoms with Gasteiger partial charge in [0, 0.05) is 19.1 Å². The third kappa shape index (κ3) is 5.70. The van der Waals surface area contributed by atoms with Gasteiger partial charge in [-0.2, -0.15) is 0 Å². The zero-order valence-electron chi connectivity index (χ0n) is 20.3. The Bertz CT molecular complexity index is 1210. The fraction of sp³-hybridized carbons (Fsp3) is 0.444. The average molecular weight is 498 g/mol.